The van der Waals surface area contributed by atoms with Gasteiger partial charge in [0, 0.05) is 25.0 Å². The van der Waals surface area contributed by atoms with Crippen LogP contribution < -0.4 is 5.32 Å². The maximum atomic E-state index is 12.4. The molecule has 1 aromatic rings. The van der Waals surface area contributed by atoms with Crippen molar-refractivity contribution in [1.82, 2.24) is 14.6 Å². The first-order valence-electron chi connectivity index (χ1n) is 8.13. The van der Waals surface area contributed by atoms with Gasteiger partial charge < -0.3 is 10.1 Å². The summed E-state index contributed by atoms with van der Waals surface area (Å²) in [5.41, 5.74) is 0.730. The van der Waals surface area contributed by atoms with E-state index in [9.17, 15) is 13.2 Å². The number of hydrogen-bond acceptors (Lipinski definition) is 6. The van der Waals surface area contributed by atoms with Crippen LogP contribution in [0.15, 0.2) is 5.38 Å². The standard InChI is InChI=1S/C15H25N3O4S2/c1-4-15-17-13(10-23-15)7-14(19)16-5-6-24(20,21)18-8-11(2)22-12(3)9-18/h10-12H,4-9H2,1-3H3,(H,16,19). The van der Waals surface area contributed by atoms with Crippen LogP contribution in [0, 0.1) is 0 Å². The number of thiazole rings is 1. The van der Waals surface area contributed by atoms with Gasteiger partial charge in [-0.3, -0.25) is 4.79 Å². The Morgan fingerprint density at radius 1 is 1.42 bits per heavy atom. The molecule has 0 bridgehead atoms. The molecule has 0 aliphatic carbocycles. The van der Waals surface area contributed by atoms with E-state index in [1.165, 1.54) is 15.6 Å². The van der Waals surface area contributed by atoms with E-state index in [2.05, 4.69) is 10.3 Å². The molecule has 9 heteroatoms. The van der Waals surface area contributed by atoms with E-state index in [-0.39, 0.29) is 36.8 Å². The van der Waals surface area contributed by atoms with Gasteiger partial charge in [-0.15, -0.1) is 11.3 Å². The largest absolute Gasteiger partial charge is 0.373 e. The first kappa shape index (κ1) is 19.3. The van der Waals surface area contributed by atoms with Crippen molar-refractivity contribution in [2.75, 3.05) is 25.4 Å². The molecule has 0 aromatic carbocycles. The summed E-state index contributed by atoms with van der Waals surface area (Å²) in [6.45, 7) is 6.56. The highest BCUT2D eigenvalue weighted by molar-refractivity contribution is 7.89. The Hall–Kier alpha value is -1.03. The molecule has 2 unspecified atom stereocenters. The van der Waals surface area contributed by atoms with Crippen molar-refractivity contribution >= 4 is 27.3 Å². The highest BCUT2D eigenvalue weighted by Crippen LogP contribution is 2.14. The van der Waals surface area contributed by atoms with Gasteiger partial charge in [0.05, 0.1) is 35.1 Å². The molecule has 2 rings (SSSR count). The Balaban J connectivity index is 1.78. The summed E-state index contributed by atoms with van der Waals surface area (Å²) >= 11 is 1.53. The predicted molar refractivity (Wildman–Crippen MR) is 93.6 cm³/mol. The minimum absolute atomic E-state index is 0.102. The van der Waals surface area contributed by atoms with Crippen molar-refractivity contribution in [1.29, 1.82) is 0 Å². The van der Waals surface area contributed by atoms with Gasteiger partial charge in [0.2, 0.25) is 15.9 Å². The van der Waals surface area contributed by atoms with Gasteiger partial charge in [-0.2, -0.15) is 4.31 Å². The molecule has 1 N–H and O–H groups in total. The third-order valence-electron chi connectivity index (χ3n) is 3.71. The van der Waals surface area contributed by atoms with Gasteiger partial charge in [0.25, 0.3) is 0 Å². The zero-order valence-electron chi connectivity index (χ0n) is 14.3. The number of hydrogen-bond donors (Lipinski definition) is 1. The fourth-order valence-corrected chi connectivity index (χ4v) is 4.86. The van der Waals surface area contributed by atoms with Gasteiger partial charge in [-0.05, 0) is 20.3 Å². The van der Waals surface area contributed by atoms with Crippen molar-refractivity contribution in [2.24, 2.45) is 0 Å². The molecule has 1 saturated heterocycles. The Morgan fingerprint density at radius 3 is 2.67 bits per heavy atom. The third kappa shape index (κ3) is 5.51. The summed E-state index contributed by atoms with van der Waals surface area (Å²) in [5.74, 6) is -0.308. The fraction of sp³-hybridized carbons (Fsp3) is 0.733. The van der Waals surface area contributed by atoms with Gasteiger partial charge in [0.15, 0.2) is 0 Å². The summed E-state index contributed by atoms with van der Waals surface area (Å²) in [5, 5.41) is 5.53. The summed E-state index contributed by atoms with van der Waals surface area (Å²) in [7, 11) is -3.39. The van der Waals surface area contributed by atoms with Crippen molar-refractivity contribution in [3.63, 3.8) is 0 Å². The topological polar surface area (TPSA) is 88.6 Å². The number of carbonyl (C=O) groups excluding carboxylic acids is 1. The summed E-state index contributed by atoms with van der Waals surface area (Å²) in [6, 6.07) is 0. The van der Waals surface area contributed by atoms with Crippen LogP contribution in [0.5, 0.6) is 0 Å². The number of amides is 1. The summed E-state index contributed by atoms with van der Waals surface area (Å²) < 4.78 is 31.7. The SMILES string of the molecule is CCc1nc(CC(=O)NCCS(=O)(=O)N2CC(C)OC(C)C2)cs1. The second-order valence-corrected chi connectivity index (χ2v) is 9.03. The molecule has 0 saturated carbocycles. The van der Waals surface area contributed by atoms with Crippen LogP contribution in [0.2, 0.25) is 0 Å². The van der Waals surface area contributed by atoms with Crippen LogP contribution >= 0.6 is 11.3 Å². The third-order valence-corrected chi connectivity index (χ3v) is 6.55. The smallest absolute Gasteiger partial charge is 0.226 e. The molecule has 1 fully saturated rings. The Labute approximate surface area is 147 Å². The van der Waals surface area contributed by atoms with E-state index < -0.39 is 10.0 Å². The van der Waals surface area contributed by atoms with Crippen LogP contribution in [0.1, 0.15) is 31.5 Å². The molecule has 136 valence electrons. The highest BCUT2D eigenvalue weighted by Gasteiger charge is 2.30. The lowest BCUT2D eigenvalue weighted by Crippen LogP contribution is -2.49. The molecular formula is C15H25N3O4S2. The highest BCUT2D eigenvalue weighted by atomic mass is 32.2. The molecule has 24 heavy (non-hydrogen) atoms. The number of aromatic nitrogens is 1. The van der Waals surface area contributed by atoms with Gasteiger partial charge >= 0.3 is 0 Å². The number of sulfonamides is 1. The van der Waals surface area contributed by atoms with Gasteiger partial charge in [0.1, 0.15) is 0 Å². The monoisotopic (exact) mass is 375 g/mol. The summed E-state index contributed by atoms with van der Waals surface area (Å²) in [4.78, 5) is 16.2. The zero-order chi connectivity index (χ0) is 17.7. The molecule has 1 aliphatic rings. The number of rotatable bonds is 7. The molecule has 0 radical (unpaired) electrons. The minimum Gasteiger partial charge on any atom is -0.373 e. The number of ether oxygens (including phenoxy) is 1. The second kappa shape index (κ2) is 8.37. The Morgan fingerprint density at radius 2 is 2.08 bits per heavy atom. The molecular weight excluding hydrogens is 350 g/mol. The molecule has 7 nitrogen and oxygen atoms in total. The quantitative estimate of drug-likeness (QED) is 0.762. The van der Waals surface area contributed by atoms with E-state index in [0.29, 0.717) is 13.1 Å². The van der Waals surface area contributed by atoms with E-state index in [0.717, 1.165) is 17.1 Å². The lowest BCUT2D eigenvalue weighted by molar-refractivity contribution is -0.120. The van der Waals surface area contributed by atoms with Crippen molar-refractivity contribution < 1.29 is 17.9 Å². The molecule has 1 aromatic heterocycles. The molecule has 2 atom stereocenters. The lowest BCUT2D eigenvalue weighted by atomic mass is 10.3. The number of morpholine rings is 1. The fourth-order valence-electron chi connectivity index (χ4n) is 2.63. The van der Waals surface area contributed by atoms with Gasteiger partial charge in [-0.1, -0.05) is 6.92 Å². The van der Waals surface area contributed by atoms with E-state index in [4.69, 9.17) is 4.74 Å². The molecule has 1 aliphatic heterocycles. The Kier molecular flexibility index (Phi) is 6.73. The second-order valence-electron chi connectivity index (χ2n) is 6.00. The predicted octanol–water partition coefficient (Wildman–Crippen LogP) is 0.803. The number of nitrogens with zero attached hydrogens (tertiary/aromatic N) is 2. The summed E-state index contributed by atoms with van der Waals surface area (Å²) in [6.07, 6.45) is 0.800. The maximum absolute atomic E-state index is 12.4. The first-order valence-corrected chi connectivity index (χ1v) is 10.6. The minimum atomic E-state index is -3.39. The van der Waals surface area contributed by atoms with Crippen LogP contribution in [0.4, 0.5) is 0 Å². The normalized spacial score (nSPS) is 22.5. The molecule has 1 amide bonds. The lowest BCUT2D eigenvalue weighted by Gasteiger charge is -2.34. The van der Waals surface area contributed by atoms with E-state index in [1.807, 2.05) is 26.2 Å². The number of nitrogens with one attached hydrogen (secondary N) is 1. The molecule has 2 heterocycles. The number of aryl methyl sites for hydroxylation is 1. The van der Waals surface area contributed by atoms with Crippen molar-refractivity contribution in [2.45, 2.75) is 45.8 Å². The van der Waals surface area contributed by atoms with Crippen LogP contribution in [0.3, 0.4) is 0 Å². The van der Waals surface area contributed by atoms with Crippen molar-refractivity contribution in [3.05, 3.63) is 16.1 Å². The van der Waals surface area contributed by atoms with Crippen LogP contribution in [-0.4, -0.2) is 61.2 Å². The van der Waals surface area contributed by atoms with E-state index >= 15 is 0 Å². The van der Waals surface area contributed by atoms with Crippen LogP contribution in [0.25, 0.3) is 0 Å². The molecule has 0 spiro atoms. The van der Waals surface area contributed by atoms with Crippen molar-refractivity contribution in [3.8, 4) is 0 Å². The first-order chi connectivity index (χ1) is 11.3. The Bertz CT molecular complexity index is 649. The van der Waals surface area contributed by atoms with Crippen LogP contribution in [-0.2, 0) is 32.4 Å². The average Bonchev–Trinajstić information content (AvgIpc) is 2.93. The van der Waals surface area contributed by atoms with E-state index in [1.54, 1.807) is 0 Å². The van der Waals surface area contributed by atoms with Gasteiger partial charge in [-0.25, -0.2) is 13.4 Å². The zero-order valence-corrected chi connectivity index (χ0v) is 16.0. The average molecular weight is 376 g/mol. The number of carbonyl (C=O) groups is 1. The maximum Gasteiger partial charge on any atom is 0.226 e.